The van der Waals surface area contributed by atoms with Crippen LogP contribution < -0.4 is 5.32 Å². The van der Waals surface area contributed by atoms with Crippen molar-refractivity contribution in [3.05, 3.63) is 27.9 Å². The first-order valence-corrected chi connectivity index (χ1v) is 6.01. The first-order valence-electron chi connectivity index (χ1n) is 6.01. The molecule has 0 amide bonds. The molecule has 0 atom stereocenters. The Kier molecular flexibility index (Phi) is 3.56. The van der Waals surface area contributed by atoms with Crippen LogP contribution >= 0.6 is 0 Å². The van der Waals surface area contributed by atoms with Crippen molar-refractivity contribution in [3.8, 4) is 0 Å². The Balaban J connectivity index is 2.06. The van der Waals surface area contributed by atoms with Crippen LogP contribution in [-0.4, -0.2) is 16.5 Å². The lowest BCUT2D eigenvalue weighted by Crippen LogP contribution is -2.13. The van der Waals surface area contributed by atoms with Crippen molar-refractivity contribution in [1.29, 1.82) is 0 Å². The summed E-state index contributed by atoms with van der Waals surface area (Å²) < 4.78 is 0. The van der Waals surface area contributed by atoms with Crippen molar-refractivity contribution >= 4 is 11.5 Å². The third-order valence-electron chi connectivity index (χ3n) is 3.23. The van der Waals surface area contributed by atoms with Gasteiger partial charge in [-0.3, -0.25) is 10.1 Å². The number of pyridine rings is 1. The second-order valence-electron chi connectivity index (χ2n) is 4.67. The van der Waals surface area contributed by atoms with Crippen LogP contribution in [0.5, 0.6) is 0 Å². The third-order valence-corrected chi connectivity index (χ3v) is 3.23. The van der Waals surface area contributed by atoms with Crippen molar-refractivity contribution in [1.82, 2.24) is 4.98 Å². The number of hydrogen-bond acceptors (Lipinski definition) is 4. The van der Waals surface area contributed by atoms with E-state index < -0.39 is 0 Å². The van der Waals surface area contributed by atoms with E-state index in [2.05, 4.69) is 10.3 Å². The molecule has 1 aromatic rings. The quantitative estimate of drug-likeness (QED) is 0.643. The molecule has 92 valence electrons. The van der Waals surface area contributed by atoms with Gasteiger partial charge >= 0.3 is 5.69 Å². The smallest absolute Gasteiger partial charge is 0.311 e. The summed E-state index contributed by atoms with van der Waals surface area (Å²) in [7, 11) is 0. The van der Waals surface area contributed by atoms with E-state index in [4.69, 9.17) is 0 Å². The molecule has 17 heavy (non-hydrogen) atoms. The summed E-state index contributed by atoms with van der Waals surface area (Å²) in [6, 6.07) is 1.56. The van der Waals surface area contributed by atoms with Crippen LogP contribution in [0.4, 0.5) is 11.5 Å². The molecule has 1 saturated carbocycles. The number of rotatable bonds is 4. The molecule has 0 spiro atoms. The minimum Gasteiger partial charge on any atom is -0.364 e. The highest BCUT2D eigenvalue weighted by molar-refractivity contribution is 5.56. The average Bonchev–Trinajstić information content (AvgIpc) is 2.80. The van der Waals surface area contributed by atoms with Crippen molar-refractivity contribution in [2.45, 2.75) is 32.6 Å². The molecular formula is C12H17N3O2. The van der Waals surface area contributed by atoms with Crippen molar-refractivity contribution in [2.24, 2.45) is 5.92 Å². The molecule has 1 aliphatic rings. The lowest BCUT2D eigenvalue weighted by atomic mass is 10.1. The molecule has 0 aromatic carbocycles. The standard InChI is InChI=1S/C12H17N3O2/c1-9-6-11(15(16)17)12(13-7-9)14-8-10-4-2-3-5-10/h6-7,10H,2-5,8H2,1H3,(H,13,14). The van der Waals surface area contributed by atoms with E-state index in [1.54, 1.807) is 19.2 Å². The Morgan fingerprint density at radius 2 is 2.24 bits per heavy atom. The van der Waals surface area contributed by atoms with Crippen LogP contribution in [0.1, 0.15) is 31.2 Å². The highest BCUT2D eigenvalue weighted by atomic mass is 16.6. The van der Waals surface area contributed by atoms with Gasteiger partial charge in [-0.1, -0.05) is 12.8 Å². The fourth-order valence-electron chi connectivity index (χ4n) is 2.28. The summed E-state index contributed by atoms with van der Waals surface area (Å²) in [5.41, 5.74) is 0.881. The van der Waals surface area contributed by atoms with Gasteiger partial charge in [-0.15, -0.1) is 0 Å². The van der Waals surface area contributed by atoms with E-state index >= 15 is 0 Å². The molecule has 1 aromatic heterocycles. The normalized spacial score (nSPS) is 16.1. The first kappa shape index (κ1) is 11.8. The molecule has 0 unspecified atom stereocenters. The molecule has 0 aliphatic heterocycles. The fraction of sp³-hybridized carbons (Fsp3) is 0.583. The molecule has 0 bridgehead atoms. The van der Waals surface area contributed by atoms with Gasteiger partial charge in [0.1, 0.15) is 0 Å². The van der Waals surface area contributed by atoms with Gasteiger partial charge < -0.3 is 5.32 Å². The molecular weight excluding hydrogens is 218 g/mol. The highest BCUT2D eigenvalue weighted by Gasteiger charge is 2.18. The SMILES string of the molecule is Cc1cnc(NCC2CCCC2)c([N+](=O)[O-])c1. The molecule has 5 nitrogen and oxygen atoms in total. The summed E-state index contributed by atoms with van der Waals surface area (Å²) in [4.78, 5) is 14.6. The van der Waals surface area contributed by atoms with Gasteiger partial charge in [0.25, 0.3) is 0 Å². The van der Waals surface area contributed by atoms with E-state index in [0.29, 0.717) is 11.7 Å². The number of nitro groups is 1. The van der Waals surface area contributed by atoms with Crippen LogP contribution in [0.25, 0.3) is 0 Å². The molecule has 0 radical (unpaired) electrons. The highest BCUT2D eigenvalue weighted by Crippen LogP contribution is 2.27. The molecule has 1 heterocycles. The lowest BCUT2D eigenvalue weighted by molar-refractivity contribution is -0.384. The number of nitrogens with zero attached hydrogens (tertiary/aromatic N) is 2. The zero-order valence-corrected chi connectivity index (χ0v) is 9.98. The van der Waals surface area contributed by atoms with Crippen LogP contribution in [0.15, 0.2) is 12.3 Å². The number of aryl methyl sites for hydroxylation is 1. The number of anilines is 1. The van der Waals surface area contributed by atoms with Crippen molar-refractivity contribution in [3.63, 3.8) is 0 Å². The Morgan fingerprint density at radius 1 is 1.53 bits per heavy atom. The maximum Gasteiger partial charge on any atom is 0.311 e. The fourth-order valence-corrected chi connectivity index (χ4v) is 2.28. The maximum atomic E-state index is 10.9. The van der Waals surface area contributed by atoms with E-state index in [1.165, 1.54) is 25.7 Å². The summed E-state index contributed by atoms with van der Waals surface area (Å²) in [5.74, 6) is 1.03. The summed E-state index contributed by atoms with van der Waals surface area (Å²) in [6.07, 6.45) is 6.63. The van der Waals surface area contributed by atoms with Gasteiger partial charge in [0, 0.05) is 18.8 Å². The largest absolute Gasteiger partial charge is 0.364 e. The predicted molar refractivity (Wildman–Crippen MR) is 66.1 cm³/mol. The van der Waals surface area contributed by atoms with Crippen LogP contribution in [0.2, 0.25) is 0 Å². The second kappa shape index (κ2) is 5.12. The van der Waals surface area contributed by atoms with Gasteiger partial charge in [-0.05, 0) is 31.2 Å². The van der Waals surface area contributed by atoms with Gasteiger partial charge in [-0.2, -0.15) is 0 Å². The van der Waals surface area contributed by atoms with Crippen LogP contribution in [0, 0.1) is 23.0 Å². The average molecular weight is 235 g/mol. The zero-order chi connectivity index (χ0) is 12.3. The molecule has 0 saturated heterocycles. The summed E-state index contributed by atoms with van der Waals surface area (Å²) >= 11 is 0. The molecule has 5 heteroatoms. The number of aromatic nitrogens is 1. The van der Waals surface area contributed by atoms with E-state index in [9.17, 15) is 10.1 Å². The molecule has 2 rings (SSSR count). The Labute approximate surface area is 100 Å². The van der Waals surface area contributed by atoms with Crippen LogP contribution in [-0.2, 0) is 0 Å². The topological polar surface area (TPSA) is 68.1 Å². The van der Waals surface area contributed by atoms with Gasteiger partial charge in [0.15, 0.2) is 0 Å². The van der Waals surface area contributed by atoms with Crippen molar-refractivity contribution in [2.75, 3.05) is 11.9 Å². The predicted octanol–water partition coefficient (Wildman–Crippen LogP) is 2.90. The molecule has 1 N–H and O–H groups in total. The van der Waals surface area contributed by atoms with E-state index in [0.717, 1.165) is 12.1 Å². The zero-order valence-electron chi connectivity index (χ0n) is 9.98. The van der Waals surface area contributed by atoms with E-state index in [1.807, 2.05) is 0 Å². The minimum absolute atomic E-state index is 0.0722. The summed E-state index contributed by atoms with van der Waals surface area (Å²) in [5, 5.41) is 14.0. The lowest BCUT2D eigenvalue weighted by Gasteiger charge is -2.11. The first-order chi connectivity index (χ1) is 8.16. The van der Waals surface area contributed by atoms with Crippen molar-refractivity contribution < 1.29 is 4.92 Å². The maximum absolute atomic E-state index is 10.9. The molecule has 1 aliphatic carbocycles. The monoisotopic (exact) mass is 235 g/mol. The Morgan fingerprint density at radius 3 is 2.88 bits per heavy atom. The second-order valence-corrected chi connectivity index (χ2v) is 4.67. The Bertz CT molecular complexity index is 414. The third kappa shape index (κ3) is 2.93. The number of nitrogens with one attached hydrogen (secondary N) is 1. The van der Waals surface area contributed by atoms with Crippen LogP contribution in [0.3, 0.4) is 0 Å². The molecule has 1 fully saturated rings. The van der Waals surface area contributed by atoms with E-state index in [-0.39, 0.29) is 10.6 Å². The Hall–Kier alpha value is -1.65. The van der Waals surface area contributed by atoms with Gasteiger partial charge in [0.05, 0.1) is 4.92 Å². The minimum atomic E-state index is -0.378. The number of hydrogen-bond donors (Lipinski definition) is 1. The van der Waals surface area contributed by atoms with Gasteiger partial charge in [-0.25, -0.2) is 4.98 Å². The van der Waals surface area contributed by atoms with Gasteiger partial charge in [0.2, 0.25) is 5.82 Å². The summed E-state index contributed by atoms with van der Waals surface area (Å²) in [6.45, 7) is 2.59.